The number of hydrogen-bond donors (Lipinski definition) is 0. The van der Waals surface area contributed by atoms with Crippen LogP contribution in [-0.2, 0) is 0 Å². The second kappa shape index (κ2) is 9.54. The fourth-order valence-corrected chi connectivity index (χ4v) is 8.26. The van der Waals surface area contributed by atoms with E-state index in [-0.39, 0.29) is 0 Å². The molecule has 0 spiro atoms. The Labute approximate surface area is 276 Å². The Kier molecular flexibility index (Phi) is 5.11. The Morgan fingerprint density at radius 2 is 0.917 bits per heavy atom. The van der Waals surface area contributed by atoms with Gasteiger partial charge < -0.3 is 9.13 Å². The molecule has 3 aromatic heterocycles. The van der Waals surface area contributed by atoms with Gasteiger partial charge in [-0.05, 0) is 94.0 Å². The van der Waals surface area contributed by atoms with E-state index >= 15 is 0 Å². The number of aromatic nitrogens is 3. The highest BCUT2D eigenvalue weighted by Crippen LogP contribution is 2.48. The maximum Gasteiger partial charge on any atom is 0.0954 e. The van der Waals surface area contributed by atoms with Crippen molar-refractivity contribution in [1.29, 1.82) is 0 Å². The summed E-state index contributed by atoms with van der Waals surface area (Å²) < 4.78 is 4.78. The van der Waals surface area contributed by atoms with E-state index in [9.17, 15) is 0 Å². The first-order valence-electron chi connectivity index (χ1n) is 16.5. The molecule has 0 radical (unpaired) electrons. The predicted molar refractivity (Wildman–Crippen MR) is 200 cm³/mol. The normalized spacial score (nSPS) is 12.2. The Morgan fingerprint density at radius 3 is 1.60 bits per heavy atom. The van der Waals surface area contributed by atoms with Crippen molar-refractivity contribution in [1.82, 2.24) is 14.1 Å². The minimum absolute atomic E-state index is 1.04. The first-order valence-corrected chi connectivity index (χ1v) is 16.5. The molecule has 0 saturated carbocycles. The maximum absolute atomic E-state index is 5.02. The van der Waals surface area contributed by atoms with Crippen LogP contribution in [0.1, 0.15) is 0 Å². The zero-order chi connectivity index (χ0) is 31.3. The topological polar surface area (TPSA) is 22.8 Å². The van der Waals surface area contributed by atoms with Crippen molar-refractivity contribution in [3.63, 3.8) is 0 Å². The van der Waals surface area contributed by atoms with Crippen molar-refractivity contribution in [3.05, 3.63) is 164 Å². The van der Waals surface area contributed by atoms with Gasteiger partial charge in [0.25, 0.3) is 0 Å². The van der Waals surface area contributed by atoms with Crippen LogP contribution in [0, 0.1) is 0 Å². The third-order valence-electron chi connectivity index (χ3n) is 10.3. The Morgan fingerprint density at radius 1 is 0.375 bits per heavy atom. The van der Waals surface area contributed by atoms with Crippen molar-refractivity contribution >= 4 is 54.5 Å². The average Bonchev–Trinajstić information content (AvgIpc) is 3.78. The number of nitrogens with zero attached hydrogens (tertiary/aromatic N) is 3. The molecule has 0 bridgehead atoms. The highest BCUT2D eigenvalue weighted by molar-refractivity contribution is 6.18. The first kappa shape index (κ1) is 25.7. The third kappa shape index (κ3) is 3.40. The standard InChI is InChI=1S/C45H27N3/c1-2-10-30(11-3-1)47-39-16-8-6-14-33(39)37-26-28(18-21-41(37)47)29-19-22-42-38(27-29)34-15-7-9-17-40(34)48(42)43-23-20-35-31-12-4-5-13-32(31)36-24-25-46-45(43)44(35)36/h1-27H. The lowest BCUT2D eigenvalue weighted by Crippen LogP contribution is -1.97. The van der Waals surface area contributed by atoms with Crippen molar-refractivity contribution < 1.29 is 0 Å². The molecule has 1 aliphatic rings. The van der Waals surface area contributed by atoms with Crippen LogP contribution >= 0.6 is 0 Å². The third-order valence-corrected chi connectivity index (χ3v) is 10.3. The second-order valence-electron chi connectivity index (χ2n) is 12.8. The molecule has 0 amide bonds. The molecule has 10 aromatic rings. The Bertz CT molecular complexity index is 2910. The summed E-state index contributed by atoms with van der Waals surface area (Å²) in [5, 5.41) is 6.23. The van der Waals surface area contributed by atoms with Gasteiger partial charge in [-0.15, -0.1) is 0 Å². The average molecular weight is 610 g/mol. The molecular formula is C45H27N3. The molecule has 0 unspecified atom stereocenters. The van der Waals surface area contributed by atoms with E-state index in [2.05, 4.69) is 167 Å². The summed E-state index contributed by atoms with van der Waals surface area (Å²) in [6.45, 7) is 0. The molecule has 48 heavy (non-hydrogen) atoms. The van der Waals surface area contributed by atoms with Gasteiger partial charge in [0.1, 0.15) is 0 Å². The minimum atomic E-state index is 1.04. The van der Waals surface area contributed by atoms with Crippen LogP contribution in [0.25, 0.3) is 99.3 Å². The Hall–Kier alpha value is -6.45. The molecule has 0 fully saturated rings. The van der Waals surface area contributed by atoms with Crippen LogP contribution in [0.15, 0.2) is 164 Å². The van der Waals surface area contributed by atoms with Gasteiger partial charge in [-0.1, -0.05) is 97.1 Å². The van der Waals surface area contributed by atoms with Crippen LogP contribution in [0.2, 0.25) is 0 Å². The van der Waals surface area contributed by atoms with Crippen molar-refractivity contribution in [2.75, 3.05) is 0 Å². The van der Waals surface area contributed by atoms with Gasteiger partial charge in [0.2, 0.25) is 0 Å². The van der Waals surface area contributed by atoms with E-state index in [4.69, 9.17) is 4.98 Å². The molecule has 0 saturated heterocycles. The fourth-order valence-electron chi connectivity index (χ4n) is 8.26. The van der Waals surface area contributed by atoms with E-state index in [1.165, 1.54) is 88.1 Å². The molecular weight excluding hydrogens is 583 g/mol. The quantitative estimate of drug-likeness (QED) is 0.195. The van der Waals surface area contributed by atoms with Crippen molar-refractivity contribution in [2.45, 2.75) is 0 Å². The van der Waals surface area contributed by atoms with E-state index < -0.39 is 0 Å². The number of fused-ring (bicyclic) bond motifs is 9. The smallest absolute Gasteiger partial charge is 0.0954 e. The van der Waals surface area contributed by atoms with Gasteiger partial charge >= 0.3 is 0 Å². The minimum Gasteiger partial charge on any atom is -0.309 e. The lowest BCUT2D eigenvalue weighted by Gasteiger charge is -2.12. The second-order valence-corrected chi connectivity index (χ2v) is 12.8. The molecule has 0 atom stereocenters. The lowest BCUT2D eigenvalue weighted by molar-refractivity contribution is 1.18. The summed E-state index contributed by atoms with van der Waals surface area (Å²) in [6.07, 6.45) is 1.96. The van der Waals surface area contributed by atoms with Gasteiger partial charge in [-0.3, -0.25) is 4.98 Å². The highest BCUT2D eigenvalue weighted by Gasteiger charge is 2.24. The highest BCUT2D eigenvalue weighted by atomic mass is 15.0. The SMILES string of the molecule is c1ccc(-n2c3ccccc3c3cc(-c4ccc5c(c4)c4ccccc4n5-c4ccc5c6c(ccnc46)-c4ccccc4-5)ccc32)cc1. The van der Waals surface area contributed by atoms with Crippen LogP contribution < -0.4 is 0 Å². The first-order chi connectivity index (χ1) is 23.8. The number of hydrogen-bond acceptors (Lipinski definition) is 1. The number of pyridine rings is 1. The zero-order valence-electron chi connectivity index (χ0n) is 25.9. The van der Waals surface area contributed by atoms with Crippen molar-refractivity contribution in [2.24, 2.45) is 0 Å². The summed E-state index contributed by atoms with van der Waals surface area (Å²) in [4.78, 5) is 5.02. The molecule has 3 heteroatoms. The van der Waals surface area contributed by atoms with E-state index in [1.807, 2.05) is 6.20 Å². The number of benzene rings is 7. The van der Waals surface area contributed by atoms with E-state index in [1.54, 1.807) is 0 Å². The van der Waals surface area contributed by atoms with Crippen LogP contribution in [0.3, 0.4) is 0 Å². The summed E-state index contributed by atoms with van der Waals surface area (Å²) in [5.74, 6) is 0. The van der Waals surface area contributed by atoms with Gasteiger partial charge in [0.05, 0.1) is 33.3 Å². The number of rotatable bonds is 3. The molecule has 3 heterocycles. The molecule has 222 valence electrons. The van der Waals surface area contributed by atoms with Crippen LogP contribution in [-0.4, -0.2) is 14.1 Å². The summed E-state index contributed by atoms with van der Waals surface area (Å²) in [5.41, 5.74) is 15.6. The number of para-hydroxylation sites is 3. The zero-order valence-corrected chi connectivity index (χ0v) is 25.9. The molecule has 0 N–H and O–H groups in total. The largest absolute Gasteiger partial charge is 0.309 e. The van der Waals surface area contributed by atoms with E-state index in [0.717, 1.165) is 11.2 Å². The summed E-state index contributed by atoms with van der Waals surface area (Å²) >= 11 is 0. The molecule has 11 rings (SSSR count). The summed E-state index contributed by atoms with van der Waals surface area (Å²) in [7, 11) is 0. The van der Waals surface area contributed by atoms with Gasteiger partial charge in [-0.25, -0.2) is 0 Å². The fraction of sp³-hybridized carbons (Fsp3) is 0. The monoisotopic (exact) mass is 609 g/mol. The predicted octanol–water partition coefficient (Wildman–Crippen LogP) is 11.7. The summed E-state index contributed by atoms with van der Waals surface area (Å²) in [6, 6.07) is 57.4. The van der Waals surface area contributed by atoms with Crippen LogP contribution in [0.5, 0.6) is 0 Å². The molecule has 3 nitrogen and oxygen atoms in total. The molecule has 1 aliphatic carbocycles. The van der Waals surface area contributed by atoms with Crippen LogP contribution in [0.4, 0.5) is 0 Å². The van der Waals surface area contributed by atoms with Gasteiger partial charge in [-0.2, -0.15) is 0 Å². The van der Waals surface area contributed by atoms with Crippen molar-refractivity contribution in [3.8, 4) is 44.8 Å². The molecule has 0 aliphatic heterocycles. The van der Waals surface area contributed by atoms with Gasteiger partial charge in [0, 0.05) is 38.8 Å². The Balaban J connectivity index is 1.13. The lowest BCUT2D eigenvalue weighted by atomic mass is 10.0. The van der Waals surface area contributed by atoms with Gasteiger partial charge in [0.15, 0.2) is 0 Å². The molecule has 7 aromatic carbocycles. The maximum atomic E-state index is 5.02. The van der Waals surface area contributed by atoms with E-state index in [0.29, 0.717) is 0 Å².